The fraction of sp³-hybridized carbons (Fsp3) is 0.857. The number of aliphatic hydroxyl groups is 1. The van der Waals surface area contributed by atoms with E-state index in [0.29, 0.717) is 12.2 Å². The Morgan fingerprint density at radius 1 is 1.00 bits per heavy atom. The Hall–Kier alpha value is -0.830. The fourth-order valence-corrected chi connectivity index (χ4v) is 5.57. The largest absolute Gasteiger partial charge is 0.390 e. The first-order valence-corrected chi connectivity index (χ1v) is 10.6. The molecule has 2 unspecified atom stereocenters. The van der Waals surface area contributed by atoms with Gasteiger partial charge in [-0.3, -0.25) is 4.79 Å². The van der Waals surface area contributed by atoms with Gasteiger partial charge in [0.15, 0.2) is 23.6 Å². The van der Waals surface area contributed by atoms with Crippen molar-refractivity contribution in [2.24, 2.45) is 5.92 Å². The molecule has 0 amide bonds. The van der Waals surface area contributed by atoms with E-state index < -0.39 is 48.2 Å². The molecular weight excluding hydrogens is 364 g/mol. The van der Waals surface area contributed by atoms with E-state index in [2.05, 4.69) is 6.58 Å². The Balaban J connectivity index is 1.42. The average Bonchev–Trinajstić information content (AvgIpc) is 3.45. The number of hydrogen-bond acceptors (Lipinski definition) is 7. The summed E-state index contributed by atoms with van der Waals surface area (Å²) in [7, 11) is 0. The lowest BCUT2D eigenvalue weighted by Gasteiger charge is -2.42. The third-order valence-electron chi connectivity index (χ3n) is 7.03. The van der Waals surface area contributed by atoms with Gasteiger partial charge in [-0.25, -0.2) is 0 Å². The van der Waals surface area contributed by atoms with Crippen LogP contribution in [0.1, 0.15) is 58.3 Å². The zero-order valence-corrected chi connectivity index (χ0v) is 16.4. The molecule has 0 aromatic rings. The van der Waals surface area contributed by atoms with Gasteiger partial charge in [0.1, 0.15) is 12.2 Å². The maximum Gasteiger partial charge on any atom is 0.190 e. The molecule has 2 aliphatic carbocycles. The Morgan fingerprint density at radius 2 is 1.64 bits per heavy atom. The number of Topliss-reactive ketones (excluding diaryl/α,β-unsaturated/α-hetero) is 1. The summed E-state index contributed by atoms with van der Waals surface area (Å²) < 4.78 is 30.7. The van der Waals surface area contributed by atoms with Crippen LogP contribution >= 0.6 is 0 Å². The number of fused-ring (bicyclic) bond motifs is 1. The summed E-state index contributed by atoms with van der Waals surface area (Å²) in [4.78, 5) is 12.9. The normalized spacial score (nSPS) is 43.6. The van der Waals surface area contributed by atoms with Gasteiger partial charge in [0.25, 0.3) is 0 Å². The van der Waals surface area contributed by atoms with Crippen molar-refractivity contribution in [2.45, 2.75) is 101 Å². The number of ether oxygens (including phenoxy) is 5. The molecule has 5 aliphatic rings. The smallest absolute Gasteiger partial charge is 0.190 e. The second-order valence-electron chi connectivity index (χ2n) is 9.04. The van der Waals surface area contributed by atoms with E-state index in [1.807, 2.05) is 0 Å². The van der Waals surface area contributed by atoms with E-state index in [-0.39, 0.29) is 5.78 Å². The first-order valence-electron chi connectivity index (χ1n) is 10.6. The Kier molecular flexibility index (Phi) is 4.69. The Bertz CT molecular complexity index is 649. The van der Waals surface area contributed by atoms with Crippen molar-refractivity contribution in [3.8, 4) is 0 Å². The van der Waals surface area contributed by atoms with Crippen LogP contribution in [0.15, 0.2) is 12.2 Å². The second kappa shape index (κ2) is 6.86. The van der Waals surface area contributed by atoms with Crippen LogP contribution in [-0.2, 0) is 28.5 Å². The van der Waals surface area contributed by atoms with E-state index in [9.17, 15) is 9.90 Å². The highest BCUT2D eigenvalue weighted by atomic mass is 16.8. The molecule has 6 atom stereocenters. The maximum absolute atomic E-state index is 12.9. The molecule has 2 spiro atoms. The van der Waals surface area contributed by atoms with Crippen molar-refractivity contribution < 1.29 is 33.6 Å². The minimum atomic E-state index is -0.933. The van der Waals surface area contributed by atoms with Crippen LogP contribution in [-0.4, -0.2) is 59.8 Å². The number of aliphatic hydroxyl groups excluding tert-OH is 1. The maximum atomic E-state index is 12.9. The average molecular weight is 394 g/mol. The van der Waals surface area contributed by atoms with E-state index in [1.54, 1.807) is 6.92 Å². The van der Waals surface area contributed by atoms with Gasteiger partial charge in [-0.05, 0) is 38.2 Å². The van der Waals surface area contributed by atoms with Crippen LogP contribution in [0.25, 0.3) is 0 Å². The zero-order chi connectivity index (χ0) is 19.5. The van der Waals surface area contributed by atoms with Crippen molar-refractivity contribution in [2.75, 3.05) is 6.61 Å². The SMILES string of the molecule is C=C(C)C(=O)C1O[C@@H]2OC3(CCCC3)O[C@@H]2[C@@H](O)[C@H]1C1COC2(CCCC2)O1. The molecule has 2 saturated carbocycles. The number of carbonyl (C=O) groups excluding carboxylic acids is 1. The number of rotatable bonds is 3. The van der Waals surface area contributed by atoms with Gasteiger partial charge in [0.05, 0.1) is 24.7 Å². The fourth-order valence-electron chi connectivity index (χ4n) is 5.57. The zero-order valence-electron chi connectivity index (χ0n) is 16.4. The molecule has 1 N–H and O–H groups in total. The lowest BCUT2D eigenvalue weighted by atomic mass is 9.81. The van der Waals surface area contributed by atoms with Gasteiger partial charge in [-0.1, -0.05) is 6.58 Å². The quantitative estimate of drug-likeness (QED) is 0.735. The standard InChI is InChI=1S/C21H30O7/c1-12(2)15(22)17-14(13-11-24-20(26-13)7-3-4-8-20)16(23)18-19(25-17)28-21(27-18)9-5-6-10-21/h13-14,16-19,23H,1,3-11H2,2H3/t13?,14-,16+,17?,18-,19-/m1/s1. The summed E-state index contributed by atoms with van der Waals surface area (Å²) in [5.74, 6) is -2.07. The van der Waals surface area contributed by atoms with Gasteiger partial charge >= 0.3 is 0 Å². The molecule has 5 rings (SSSR count). The molecule has 7 nitrogen and oxygen atoms in total. The molecule has 0 radical (unpaired) electrons. The van der Waals surface area contributed by atoms with Crippen molar-refractivity contribution in [3.05, 3.63) is 12.2 Å². The van der Waals surface area contributed by atoms with Crippen LogP contribution in [0, 0.1) is 5.92 Å². The molecular formula is C21H30O7. The van der Waals surface area contributed by atoms with Crippen molar-refractivity contribution in [3.63, 3.8) is 0 Å². The number of carbonyl (C=O) groups is 1. The topological polar surface area (TPSA) is 83.5 Å². The van der Waals surface area contributed by atoms with Crippen LogP contribution in [0.2, 0.25) is 0 Å². The van der Waals surface area contributed by atoms with Crippen molar-refractivity contribution >= 4 is 5.78 Å². The molecule has 3 saturated heterocycles. The summed E-state index contributed by atoms with van der Waals surface area (Å²) in [6.07, 6.45) is 3.83. The van der Waals surface area contributed by atoms with Crippen LogP contribution < -0.4 is 0 Å². The van der Waals surface area contributed by atoms with Crippen LogP contribution in [0.3, 0.4) is 0 Å². The molecule has 156 valence electrons. The minimum absolute atomic E-state index is 0.227. The summed E-state index contributed by atoms with van der Waals surface area (Å²) in [5, 5.41) is 11.3. The highest BCUT2D eigenvalue weighted by Crippen LogP contribution is 2.49. The van der Waals surface area contributed by atoms with E-state index in [4.69, 9.17) is 23.7 Å². The predicted molar refractivity (Wildman–Crippen MR) is 97.2 cm³/mol. The van der Waals surface area contributed by atoms with Gasteiger partial charge < -0.3 is 28.8 Å². The molecule has 3 aliphatic heterocycles. The van der Waals surface area contributed by atoms with E-state index in [1.165, 1.54) is 0 Å². The van der Waals surface area contributed by atoms with Crippen molar-refractivity contribution in [1.82, 2.24) is 0 Å². The van der Waals surface area contributed by atoms with E-state index in [0.717, 1.165) is 51.4 Å². The number of hydrogen-bond donors (Lipinski definition) is 1. The molecule has 7 heteroatoms. The Labute approximate surface area is 165 Å². The van der Waals surface area contributed by atoms with Crippen LogP contribution in [0.4, 0.5) is 0 Å². The molecule has 0 aromatic carbocycles. The molecule has 0 bridgehead atoms. The highest BCUT2D eigenvalue weighted by Gasteiger charge is 2.61. The molecule has 28 heavy (non-hydrogen) atoms. The van der Waals surface area contributed by atoms with Gasteiger partial charge in [-0.2, -0.15) is 0 Å². The first kappa shape index (κ1) is 19.2. The van der Waals surface area contributed by atoms with Gasteiger partial charge in [0.2, 0.25) is 0 Å². The summed E-state index contributed by atoms with van der Waals surface area (Å²) >= 11 is 0. The van der Waals surface area contributed by atoms with Gasteiger partial charge in [-0.15, -0.1) is 0 Å². The summed E-state index contributed by atoms with van der Waals surface area (Å²) in [5.41, 5.74) is 0.393. The van der Waals surface area contributed by atoms with E-state index >= 15 is 0 Å². The lowest BCUT2D eigenvalue weighted by molar-refractivity contribution is -0.251. The van der Waals surface area contributed by atoms with Crippen molar-refractivity contribution in [1.29, 1.82) is 0 Å². The first-order chi connectivity index (χ1) is 13.4. The predicted octanol–water partition coefficient (Wildman–Crippen LogP) is 2.20. The molecule has 0 aromatic heterocycles. The van der Waals surface area contributed by atoms with Crippen LogP contribution in [0.5, 0.6) is 0 Å². The summed E-state index contributed by atoms with van der Waals surface area (Å²) in [6.45, 7) is 5.79. The monoisotopic (exact) mass is 394 g/mol. The third kappa shape index (κ3) is 2.99. The Morgan fingerprint density at radius 3 is 2.29 bits per heavy atom. The lowest BCUT2D eigenvalue weighted by Crippen LogP contribution is -2.59. The summed E-state index contributed by atoms with van der Waals surface area (Å²) in [6, 6.07) is 0. The third-order valence-corrected chi connectivity index (χ3v) is 7.03. The molecule has 3 heterocycles. The van der Waals surface area contributed by atoms with Gasteiger partial charge in [0, 0.05) is 25.7 Å². The minimum Gasteiger partial charge on any atom is -0.390 e. The number of ketones is 1. The molecule has 5 fully saturated rings. The second-order valence-corrected chi connectivity index (χ2v) is 9.04. The highest BCUT2D eigenvalue weighted by molar-refractivity contribution is 5.98.